The second kappa shape index (κ2) is 5.55. The van der Waals surface area contributed by atoms with Gasteiger partial charge in [0.05, 0.1) is 11.3 Å². The molecule has 2 aromatic rings. The SMILES string of the molecule is Cc1nc(-c2cccc(F)c2)ncc1C(=O)O.Cl. The molecule has 18 heavy (non-hydrogen) atoms. The molecule has 0 amide bonds. The number of carbonyl (C=O) groups is 1. The fourth-order valence-electron chi connectivity index (χ4n) is 1.44. The number of nitrogens with zero attached hydrogens (tertiary/aromatic N) is 2. The van der Waals surface area contributed by atoms with Crippen LogP contribution in [0.3, 0.4) is 0 Å². The quantitative estimate of drug-likeness (QED) is 0.910. The minimum absolute atomic E-state index is 0. The topological polar surface area (TPSA) is 63.1 Å². The lowest BCUT2D eigenvalue weighted by Gasteiger charge is -2.03. The molecule has 1 aromatic carbocycles. The summed E-state index contributed by atoms with van der Waals surface area (Å²) in [6.45, 7) is 1.58. The molecule has 0 radical (unpaired) electrons. The Labute approximate surface area is 109 Å². The van der Waals surface area contributed by atoms with Gasteiger partial charge >= 0.3 is 5.97 Å². The third kappa shape index (κ3) is 2.81. The van der Waals surface area contributed by atoms with Crippen LogP contribution in [0.2, 0.25) is 0 Å². The van der Waals surface area contributed by atoms with E-state index in [1.807, 2.05) is 0 Å². The molecule has 0 aliphatic rings. The summed E-state index contributed by atoms with van der Waals surface area (Å²) >= 11 is 0. The zero-order chi connectivity index (χ0) is 12.4. The highest BCUT2D eigenvalue weighted by atomic mass is 35.5. The predicted molar refractivity (Wildman–Crippen MR) is 66.4 cm³/mol. The van der Waals surface area contributed by atoms with Gasteiger partial charge < -0.3 is 5.11 Å². The molecule has 4 nitrogen and oxygen atoms in total. The van der Waals surface area contributed by atoms with Crippen LogP contribution in [0.25, 0.3) is 11.4 Å². The van der Waals surface area contributed by atoms with Gasteiger partial charge in [-0.05, 0) is 19.1 Å². The maximum Gasteiger partial charge on any atom is 0.339 e. The fraction of sp³-hybridized carbons (Fsp3) is 0.0833. The number of aromatic carboxylic acids is 1. The zero-order valence-corrected chi connectivity index (χ0v) is 10.2. The number of benzene rings is 1. The number of hydrogen-bond acceptors (Lipinski definition) is 3. The van der Waals surface area contributed by atoms with Crippen molar-refractivity contribution in [1.29, 1.82) is 0 Å². The fourth-order valence-corrected chi connectivity index (χ4v) is 1.44. The molecule has 0 fully saturated rings. The van der Waals surface area contributed by atoms with Gasteiger partial charge in [-0.3, -0.25) is 0 Å². The summed E-state index contributed by atoms with van der Waals surface area (Å²) < 4.78 is 13.0. The summed E-state index contributed by atoms with van der Waals surface area (Å²) in [5.41, 5.74) is 0.918. The number of carboxylic acids is 1. The minimum Gasteiger partial charge on any atom is -0.478 e. The van der Waals surface area contributed by atoms with E-state index in [2.05, 4.69) is 9.97 Å². The van der Waals surface area contributed by atoms with E-state index >= 15 is 0 Å². The van der Waals surface area contributed by atoms with Gasteiger partial charge in [0.1, 0.15) is 5.82 Å². The lowest BCUT2D eigenvalue weighted by Crippen LogP contribution is -2.04. The number of halogens is 2. The van der Waals surface area contributed by atoms with Gasteiger partial charge in [0.2, 0.25) is 0 Å². The molecular weight excluding hydrogens is 259 g/mol. The van der Waals surface area contributed by atoms with Crippen molar-refractivity contribution in [3.63, 3.8) is 0 Å². The molecule has 1 N–H and O–H groups in total. The number of carboxylic acid groups (broad SMARTS) is 1. The first-order valence-electron chi connectivity index (χ1n) is 4.91. The molecular formula is C12H10ClFN2O2. The van der Waals surface area contributed by atoms with Crippen molar-refractivity contribution in [2.75, 3.05) is 0 Å². The van der Waals surface area contributed by atoms with Crippen LogP contribution in [0, 0.1) is 12.7 Å². The Morgan fingerprint density at radius 3 is 2.67 bits per heavy atom. The molecule has 0 bridgehead atoms. The minimum atomic E-state index is -1.08. The number of hydrogen-bond donors (Lipinski definition) is 1. The number of aromatic nitrogens is 2. The van der Waals surface area contributed by atoms with E-state index in [1.54, 1.807) is 19.1 Å². The average molecular weight is 269 g/mol. The highest BCUT2D eigenvalue weighted by Crippen LogP contribution is 2.17. The molecule has 0 spiro atoms. The number of aryl methyl sites for hydroxylation is 1. The second-order valence-corrected chi connectivity index (χ2v) is 3.51. The van der Waals surface area contributed by atoms with Crippen LogP contribution >= 0.6 is 12.4 Å². The molecule has 0 aliphatic heterocycles. The Balaban J connectivity index is 0.00000162. The first kappa shape index (κ1) is 14.1. The molecule has 1 heterocycles. The molecule has 0 unspecified atom stereocenters. The monoisotopic (exact) mass is 268 g/mol. The Morgan fingerprint density at radius 1 is 1.39 bits per heavy atom. The van der Waals surface area contributed by atoms with E-state index in [4.69, 9.17) is 5.11 Å². The van der Waals surface area contributed by atoms with Crippen LogP contribution < -0.4 is 0 Å². The van der Waals surface area contributed by atoms with Crippen LogP contribution in [0.5, 0.6) is 0 Å². The Morgan fingerprint density at radius 2 is 2.11 bits per heavy atom. The number of rotatable bonds is 2. The summed E-state index contributed by atoms with van der Waals surface area (Å²) in [6.07, 6.45) is 1.23. The van der Waals surface area contributed by atoms with E-state index in [0.29, 0.717) is 17.1 Å². The molecule has 2 rings (SSSR count). The lowest BCUT2D eigenvalue weighted by molar-refractivity contribution is 0.0695. The molecule has 0 saturated carbocycles. The van der Waals surface area contributed by atoms with Crippen molar-refractivity contribution in [3.05, 3.63) is 47.5 Å². The van der Waals surface area contributed by atoms with Gasteiger partial charge in [0.15, 0.2) is 5.82 Å². The summed E-state index contributed by atoms with van der Waals surface area (Å²) in [5, 5.41) is 8.83. The standard InChI is InChI=1S/C12H9FN2O2.ClH/c1-7-10(12(16)17)6-14-11(15-7)8-3-2-4-9(13)5-8;/h2-6H,1H3,(H,16,17);1H. The van der Waals surface area contributed by atoms with Crippen LogP contribution in [0.15, 0.2) is 30.5 Å². The van der Waals surface area contributed by atoms with Gasteiger partial charge in [-0.2, -0.15) is 0 Å². The highest BCUT2D eigenvalue weighted by Gasteiger charge is 2.11. The van der Waals surface area contributed by atoms with Crippen molar-refractivity contribution >= 4 is 18.4 Å². The molecule has 0 saturated heterocycles. The van der Waals surface area contributed by atoms with Gasteiger partial charge in [-0.25, -0.2) is 19.2 Å². The van der Waals surface area contributed by atoms with Crippen molar-refractivity contribution in [3.8, 4) is 11.4 Å². The van der Waals surface area contributed by atoms with E-state index in [1.165, 1.54) is 18.3 Å². The Hall–Kier alpha value is -2.01. The van der Waals surface area contributed by atoms with Crippen molar-refractivity contribution in [2.24, 2.45) is 0 Å². The largest absolute Gasteiger partial charge is 0.478 e. The first-order chi connectivity index (χ1) is 8.08. The first-order valence-corrected chi connectivity index (χ1v) is 4.91. The molecule has 94 valence electrons. The van der Waals surface area contributed by atoms with E-state index in [-0.39, 0.29) is 23.8 Å². The Kier molecular flexibility index (Phi) is 4.33. The van der Waals surface area contributed by atoms with Gasteiger partial charge in [0, 0.05) is 11.8 Å². The lowest BCUT2D eigenvalue weighted by atomic mass is 10.2. The molecule has 0 aliphatic carbocycles. The zero-order valence-electron chi connectivity index (χ0n) is 9.42. The second-order valence-electron chi connectivity index (χ2n) is 3.51. The average Bonchev–Trinajstić information content (AvgIpc) is 2.28. The Bertz CT molecular complexity index is 590. The van der Waals surface area contributed by atoms with Crippen molar-refractivity contribution < 1.29 is 14.3 Å². The maximum absolute atomic E-state index is 13.0. The summed E-state index contributed by atoms with van der Waals surface area (Å²) in [7, 11) is 0. The molecule has 0 atom stereocenters. The van der Waals surface area contributed by atoms with E-state index < -0.39 is 5.97 Å². The third-order valence-electron chi connectivity index (χ3n) is 2.29. The van der Waals surface area contributed by atoms with Crippen LogP contribution in [0.4, 0.5) is 4.39 Å². The van der Waals surface area contributed by atoms with Crippen LogP contribution in [-0.4, -0.2) is 21.0 Å². The summed E-state index contributed by atoms with van der Waals surface area (Å²) in [5.74, 6) is -1.15. The van der Waals surface area contributed by atoms with E-state index in [9.17, 15) is 9.18 Å². The smallest absolute Gasteiger partial charge is 0.339 e. The summed E-state index contributed by atoms with van der Waals surface area (Å²) in [4.78, 5) is 18.7. The maximum atomic E-state index is 13.0. The normalized spacial score (nSPS) is 9.67. The van der Waals surface area contributed by atoms with Crippen LogP contribution in [-0.2, 0) is 0 Å². The van der Waals surface area contributed by atoms with Gasteiger partial charge in [0.25, 0.3) is 0 Å². The predicted octanol–water partition coefficient (Wildman–Crippen LogP) is 2.71. The van der Waals surface area contributed by atoms with Gasteiger partial charge in [-0.1, -0.05) is 12.1 Å². The van der Waals surface area contributed by atoms with Gasteiger partial charge in [-0.15, -0.1) is 12.4 Å². The van der Waals surface area contributed by atoms with Crippen molar-refractivity contribution in [2.45, 2.75) is 6.92 Å². The van der Waals surface area contributed by atoms with Crippen molar-refractivity contribution in [1.82, 2.24) is 9.97 Å². The highest BCUT2D eigenvalue weighted by molar-refractivity contribution is 5.88. The van der Waals surface area contributed by atoms with Crippen LogP contribution in [0.1, 0.15) is 16.1 Å². The molecule has 1 aromatic heterocycles. The summed E-state index contributed by atoms with van der Waals surface area (Å²) in [6, 6.07) is 5.84. The third-order valence-corrected chi connectivity index (χ3v) is 2.29. The molecule has 6 heteroatoms. The van der Waals surface area contributed by atoms with E-state index in [0.717, 1.165) is 0 Å².